The number of methoxy groups -OCH3 is 2. The lowest BCUT2D eigenvalue weighted by Crippen LogP contribution is -2.39. The van der Waals surface area contributed by atoms with E-state index in [9.17, 15) is 18.8 Å². The van der Waals surface area contributed by atoms with Gasteiger partial charge in [0.05, 0.1) is 17.7 Å². The zero-order valence-electron chi connectivity index (χ0n) is 19.6. The van der Waals surface area contributed by atoms with Crippen LogP contribution in [0.4, 0.5) is 10.1 Å². The van der Waals surface area contributed by atoms with E-state index in [-0.39, 0.29) is 24.3 Å². The molecule has 2 aromatic rings. The second-order valence-corrected chi connectivity index (χ2v) is 7.92. The first kappa shape index (κ1) is 25.1. The number of benzene rings is 1. The van der Waals surface area contributed by atoms with Gasteiger partial charge in [-0.2, -0.15) is 0 Å². The van der Waals surface area contributed by atoms with Crippen molar-refractivity contribution in [2.45, 2.75) is 26.4 Å². The Morgan fingerprint density at radius 3 is 2.65 bits per heavy atom. The number of H-pyrrole nitrogens is 1. The number of rotatable bonds is 10. The van der Waals surface area contributed by atoms with Crippen molar-refractivity contribution in [3.63, 3.8) is 0 Å². The normalized spacial score (nSPS) is 14.6. The van der Waals surface area contributed by atoms with Gasteiger partial charge in [0.25, 0.3) is 11.8 Å². The van der Waals surface area contributed by atoms with Crippen molar-refractivity contribution in [3.8, 4) is 0 Å². The van der Waals surface area contributed by atoms with Gasteiger partial charge in [-0.15, -0.1) is 0 Å². The van der Waals surface area contributed by atoms with Crippen molar-refractivity contribution in [1.29, 1.82) is 0 Å². The molecule has 0 spiro atoms. The van der Waals surface area contributed by atoms with E-state index >= 15 is 0 Å². The second kappa shape index (κ2) is 11.1. The summed E-state index contributed by atoms with van der Waals surface area (Å²) in [6.07, 6.45) is 1.21. The Hall–Kier alpha value is -3.50. The molecule has 1 atom stereocenters. The van der Waals surface area contributed by atoms with Crippen molar-refractivity contribution < 1.29 is 28.2 Å². The molecule has 0 saturated heterocycles. The highest BCUT2D eigenvalue weighted by molar-refractivity contribution is 6.34. The topological polar surface area (TPSA) is 122 Å². The van der Waals surface area contributed by atoms with Gasteiger partial charge in [0.15, 0.2) is 0 Å². The van der Waals surface area contributed by atoms with E-state index in [0.717, 1.165) is 0 Å². The third-order valence-corrected chi connectivity index (χ3v) is 5.63. The minimum absolute atomic E-state index is 0.227. The maximum atomic E-state index is 13.7. The summed E-state index contributed by atoms with van der Waals surface area (Å²) in [6, 6.07) is 4.10. The lowest BCUT2D eigenvalue weighted by Gasteiger charge is -2.15. The zero-order chi connectivity index (χ0) is 24.8. The van der Waals surface area contributed by atoms with Crippen molar-refractivity contribution in [3.05, 3.63) is 52.1 Å². The van der Waals surface area contributed by atoms with E-state index in [1.807, 2.05) is 0 Å². The monoisotopic (exact) mass is 472 g/mol. The van der Waals surface area contributed by atoms with Gasteiger partial charge in [-0.25, -0.2) is 4.39 Å². The van der Waals surface area contributed by atoms with Gasteiger partial charge in [0.1, 0.15) is 11.9 Å². The number of ether oxygens (including phenoxy) is 2. The van der Waals surface area contributed by atoms with Crippen LogP contribution in [-0.4, -0.2) is 62.7 Å². The van der Waals surface area contributed by atoms with E-state index in [4.69, 9.17) is 9.47 Å². The Bertz CT molecular complexity index is 1120. The molecule has 182 valence electrons. The molecule has 2 heterocycles. The summed E-state index contributed by atoms with van der Waals surface area (Å²) in [4.78, 5) is 40.5. The van der Waals surface area contributed by atoms with Gasteiger partial charge in [-0.3, -0.25) is 14.4 Å². The Morgan fingerprint density at radius 1 is 1.18 bits per heavy atom. The predicted octanol–water partition coefficient (Wildman–Crippen LogP) is 2.16. The van der Waals surface area contributed by atoms with Crippen LogP contribution in [0.3, 0.4) is 0 Å². The van der Waals surface area contributed by atoms with Crippen LogP contribution in [0.25, 0.3) is 11.6 Å². The van der Waals surface area contributed by atoms with Crippen LogP contribution in [0.2, 0.25) is 0 Å². The van der Waals surface area contributed by atoms with Crippen LogP contribution in [-0.2, 0) is 19.1 Å². The molecule has 4 N–H and O–H groups in total. The molecule has 0 radical (unpaired) electrons. The smallest absolute Gasteiger partial charge is 0.256 e. The van der Waals surface area contributed by atoms with Crippen molar-refractivity contribution in [1.82, 2.24) is 15.6 Å². The van der Waals surface area contributed by atoms with E-state index in [2.05, 4.69) is 20.9 Å². The number of halogens is 1. The molecule has 0 saturated carbocycles. The number of carbonyl (C=O) groups excluding carboxylic acids is 3. The molecular weight excluding hydrogens is 443 g/mol. The SMILES string of the molecule is COCCNC(=O)[C@H](CCNC(=O)c1c(C)[nH]c(/C=C2\C(=O)Nc3ccc(F)cc32)c1C)OC. The van der Waals surface area contributed by atoms with Gasteiger partial charge >= 0.3 is 0 Å². The Labute approximate surface area is 197 Å². The van der Waals surface area contributed by atoms with Crippen LogP contribution in [0.5, 0.6) is 0 Å². The molecule has 9 nitrogen and oxygen atoms in total. The zero-order valence-corrected chi connectivity index (χ0v) is 19.6. The Balaban J connectivity index is 1.69. The molecule has 10 heteroatoms. The molecule has 0 bridgehead atoms. The predicted molar refractivity (Wildman–Crippen MR) is 126 cm³/mol. The highest BCUT2D eigenvalue weighted by Crippen LogP contribution is 2.34. The van der Waals surface area contributed by atoms with Crippen LogP contribution in [0.15, 0.2) is 18.2 Å². The van der Waals surface area contributed by atoms with E-state index in [1.54, 1.807) is 27.0 Å². The van der Waals surface area contributed by atoms with Crippen molar-refractivity contribution >= 4 is 35.1 Å². The first-order valence-corrected chi connectivity index (χ1v) is 10.9. The molecule has 3 amide bonds. The van der Waals surface area contributed by atoms with Crippen LogP contribution in [0, 0.1) is 19.7 Å². The maximum absolute atomic E-state index is 13.7. The summed E-state index contributed by atoms with van der Waals surface area (Å²) in [6.45, 7) is 4.52. The van der Waals surface area contributed by atoms with Crippen molar-refractivity contribution in [2.75, 3.05) is 39.2 Å². The number of hydrogen-bond acceptors (Lipinski definition) is 5. The van der Waals surface area contributed by atoms with E-state index < -0.39 is 11.9 Å². The summed E-state index contributed by atoms with van der Waals surface area (Å²) in [5, 5.41) is 8.23. The van der Waals surface area contributed by atoms with Crippen LogP contribution < -0.4 is 16.0 Å². The third-order valence-electron chi connectivity index (χ3n) is 5.63. The molecule has 1 aliphatic rings. The van der Waals surface area contributed by atoms with Crippen LogP contribution in [0.1, 0.15) is 39.3 Å². The molecule has 34 heavy (non-hydrogen) atoms. The largest absolute Gasteiger partial charge is 0.383 e. The lowest BCUT2D eigenvalue weighted by atomic mass is 10.0. The average molecular weight is 473 g/mol. The molecule has 1 aromatic heterocycles. The molecular formula is C24H29FN4O5. The van der Waals surface area contributed by atoms with Gasteiger partial charge in [0, 0.05) is 49.9 Å². The lowest BCUT2D eigenvalue weighted by molar-refractivity contribution is -0.131. The standard InChI is InChI=1S/C24H29FN4O5/c1-13-19(12-17-16-11-15(25)5-6-18(16)29-22(17)30)28-14(2)21(13)24(32)26-8-7-20(34-4)23(31)27-9-10-33-3/h5-6,11-12,20,28H,7-10H2,1-4H3,(H,26,32)(H,27,31)(H,29,30)/b17-12-/t20-/m0/s1. The molecule has 0 unspecified atom stereocenters. The summed E-state index contributed by atoms with van der Waals surface area (Å²) >= 11 is 0. The number of amides is 3. The summed E-state index contributed by atoms with van der Waals surface area (Å²) in [5.74, 6) is -1.37. The number of fused-ring (bicyclic) bond motifs is 1. The van der Waals surface area contributed by atoms with Gasteiger partial charge in [-0.05, 0) is 50.1 Å². The second-order valence-electron chi connectivity index (χ2n) is 7.92. The average Bonchev–Trinajstić information content (AvgIpc) is 3.26. The first-order valence-electron chi connectivity index (χ1n) is 10.9. The molecule has 0 aliphatic carbocycles. The minimum atomic E-state index is -0.702. The Morgan fingerprint density at radius 2 is 1.94 bits per heavy atom. The molecule has 1 aliphatic heterocycles. The highest BCUT2D eigenvalue weighted by Gasteiger charge is 2.26. The fourth-order valence-corrected chi connectivity index (χ4v) is 3.86. The number of hydrogen-bond donors (Lipinski definition) is 4. The number of aryl methyl sites for hydroxylation is 1. The van der Waals surface area contributed by atoms with Gasteiger partial charge < -0.3 is 30.4 Å². The quantitative estimate of drug-likeness (QED) is 0.312. The van der Waals surface area contributed by atoms with E-state index in [1.165, 1.54) is 25.3 Å². The van der Waals surface area contributed by atoms with Crippen molar-refractivity contribution in [2.24, 2.45) is 0 Å². The minimum Gasteiger partial charge on any atom is -0.383 e. The van der Waals surface area contributed by atoms with E-state index in [0.29, 0.717) is 58.9 Å². The summed E-state index contributed by atoms with van der Waals surface area (Å²) in [7, 11) is 2.98. The molecule has 1 aromatic carbocycles. The van der Waals surface area contributed by atoms with Gasteiger partial charge in [-0.1, -0.05) is 0 Å². The number of aromatic nitrogens is 1. The Kier molecular flexibility index (Phi) is 8.19. The first-order chi connectivity index (χ1) is 16.3. The third kappa shape index (κ3) is 5.52. The molecule has 3 rings (SSSR count). The number of anilines is 1. The fourth-order valence-electron chi connectivity index (χ4n) is 3.86. The maximum Gasteiger partial charge on any atom is 0.256 e. The van der Waals surface area contributed by atoms with Crippen LogP contribution >= 0.6 is 0 Å². The number of carbonyl (C=O) groups is 3. The van der Waals surface area contributed by atoms with Gasteiger partial charge in [0.2, 0.25) is 5.91 Å². The highest BCUT2D eigenvalue weighted by atomic mass is 19.1. The number of aromatic amines is 1. The number of nitrogens with one attached hydrogen (secondary N) is 4. The molecule has 0 fully saturated rings. The fraction of sp³-hybridized carbons (Fsp3) is 0.375. The summed E-state index contributed by atoms with van der Waals surface area (Å²) < 4.78 is 23.8. The summed E-state index contributed by atoms with van der Waals surface area (Å²) in [5.41, 5.74) is 3.63.